The van der Waals surface area contributed by atoms with E-state index in [0.29, 0.717) is 0 Å². The molecule has 198 valence electrons. The van der Waals surface area contributed by atoms with Crippen LogP contribution >= 0.6 is 0 Å². The normalized spacial score (nSPS) is 11.8. The Hall–Kier alpha value is -2.86. The zero-order valence-electron chi connectivity index (χ0n) is 23.8. The van der Waals surface area contributed by atoms with E-state index in [1.54, 1.807) is 11.1 Å². The van der Waals surface area contributed by atoms with Crippen molar-refractivity contribution in [1.82, 2.24) is 0 Å². The second kappa shape index (κ2) is 13.3. The summed E-state index contributed by atoms with van der Waals surface area (Å²) in [6, 6.07) is 28.1. The molecule has 0 fully saturated rings. The molecule has 0 spiro atoms. The Kier molecular flexibility index (Phi) is 9.34. The molecular formula is C38H46. The van der Waals surface area contributed by atoms with Crippen LogP contribution < -0.4 is 0 Å². The lowest BCUT2D eigenvalue weighted by Crippen LogP contribution is -1.98. The molecule has 5 aromatic rings. The van der Waals surface area contributed by atoms with Gasteiger partial charge in [-0.05, 0) is 116 Å². The van der Waals surface area contributed by atoms with Gasteiger partial charge in [-0.15, -0.1) is 0 Å². The highest BCUT2D eigenvalue weighted by atomic mass is 14.2. The van der Waals surface area contributed by atoms with E-state index in [1.807, 2.05) is 0 Å². The van der Waals surface area contributed by atoms with Gasteiger partial charge in [0.05, 0.1) is 0 Å². The lowest BCUT2D eigenvalue weighted by Gasteiger charge is -2.15. The molecule has 0 radical (unpaired) electrons. The molecule has 0 amide bonds. The molecule has 0 aromatic heterocycles. The van der Waals surface area contributed by atoms with E-state index in [9.17, 15) is 0 Å². The van der Waals surface area contributed by atoms with Crippen LogP contribution in [0.4, 0.5) is 0 Å². The van der Waals surface area contributed by atoms with E-state index >= 15 is 0 Å². The molecule has 0 aliphatic heterocycles. The molecule has 0 heteroatoms. The molecule has 38 heavy (non-hydrogen) atoms. The highest BCUT2D eigenvalue weighted by Gasteiger charge is 2.11. The maximum Gasteiger partial charge on any atom is -0.0143 e. The number of unbranched alkanes of at least 4 members (excludes halogenated alkanes) is 10. The number of aryl methyl sites for hydroxylation is 2. The van der Waals surface area contributed by atoms with Gasteiger partial charge in [-0.3, -0.25) is 0 Å². The van der Waals surface area contributed by atoms with E-state index in [2.05, 4.69) is 86.6 Å². The Morgan fingerprint density at radius 2 is 0.868 bits per heavy atom. The van der Waals surface area contributed by atoms with Gasteiger partial charge < -0.3 is 0 Å². The van der Waals surface area contributed by atoms with Crippen molar-refractivity contribution in [2.24, 2.45) is 0 Å². The number of hydrogen-bond donors (Lipinski definition) is 0. The molecular weight excluding hydrogens is 456 g/mol. The highest BCUT2D eigenvalue weighted by Crippen LogP contribution is 2.33. The van der Waals surface area contributed by atoms with Gasteiger partial charge in [0, 0.05) is 0 Å². The van der Waals surface area contributed by atoms with Crippen LogP contribution in [0.5, 0.6) is 0 Å². The Balaban J connectivity index is 1.47. The Bertz CT molecular complexity index is 1490. The topological polar surface area (TPSA) is 0 Å². The van der Waals surface area contributed by atoms with Crippen LogP contribution in [0.3, 0.4) is 0 Å². The van der Waals surface area contributed by atoms with Crippen LogP contribution in [0.1, 0.15) is 102 Å². The Morgan fingerprint density at radius 3 is 1.47 bits per heavy atom. The van der Waals surface area contributed by atoms with Crippen molar-refractivity contribution < 1.29 is 0 Å². The maximum absolute atomic E-state index is 2.51. The zero-order chi connectivity index (χ0) is 26.2. The molecule has 0 N–H and O–H groups in total. The molecule has 0 aliphatic carbocycles. The summed E-state index contributed by atoms with van der Waals surface area (Å²) in [6.45, 7) is 4.61. The second-order valence-electron chi connectivity index (χ2n) is 11.6. The molecule has 0 saturated heterocycles. The first-order valence-electron chi connectivity index (χ1n) is 15.6. The third-order valence-electron chi connectivity index (χ3n) is 8.59. The number of hydrogen-bond acceptors (Lipinski definition) is 0. The average Bonchev–Trinajstić information content (AvgIpc) is 2.94. The van der Waals surface area contributed by atoms with Crippen molar-refractivity contribution in [2.45, 2.75) is 104 Å². The lowest BCUT2D eigenvalue weighted by atomic mass is 9.89. The van der Waals surface area contributed by atoms with Gasteiger partial charge in [0.1, 0.15) is 0 Å². The van der Waals surface area contributed by atoms with Crippen molar-refractivity contribution in [3.63, 3.8) is 0 Å². The van der Waals surface area contributed by atoms with E-state index in [4.69, 9.17) is 0 Å². The smallest absolute Gasteiger partial charge is 0.0143 e. The van der Waals surface area contributed by atoms with Crippen molar-refractivity contribution >= 4 is 43.1 Å². The minimum Gasteiger partial charge on any atom is -0.0654 e. The quantitative estimate of drug-likeness (QED) is 0.105. The van der Waals surface area contributed by atoms with Gasteiger partial charge in [0.15, 0.2) is 0 Å². The summed E-state index contributed by atoms with van der Waals surface area (Å²) in [5, 5.41) is 11.0. The first-order valence-corrected chi connectivity index (χ1v) is 15.6. The largest absolute Gasteiger partial charge is 0.0654 e. The van der Waals surface area contributed by atoms with Crippen molar-refractivity contribution in [3.8, 4) is 0 Å². The van der Waals surface area contributed by atoms with Crippen LogP contribution in [0, 0.1) is 0 Å². The Morgan fingerprint density at radius 1 is 0.395 bits per heavy atom. The standard InChI is InChI=1S/C38H46/c1-3-5-7-9-11-13-17-29-21-22-32-25-35-26-33-23-30-18-15-16-19-31(30)24-34(33)27-36(35)28-38(32)37(29)20-14-12-10-8-6-4-2/h15-16,18-19,21-28H,3-14,17,20H2,1-2H3. The fourth-order valence-corrected chi connectivity index (χ4v) is 6.33. The van der Waals surface area contributed by atoms with Gasteiger partial charge in [-0.1, -0.05) is 114 Å². The average molecular weight is 503 g/mol. The molecule has 0 atom stereocenters. The number of benzene rings is 5. The molecule has 0 saturated carbocycles. The number of fused-ring (bicyclic) bond motifs is 4. The second-order valence-corrected chi connectivity index (χ2v) is 11.6. The van der Waals surface area contributed by atoms with E-state index in [1.165, 1.54) is 133 Å². The predicted molar refractivity (Wildman–Crippen MR) is 171 cm³/mol. The number of rotatable bonds is 14. The van der Waals surface area contributed by atoms with Crippen LogP contribution in [0.25, 0.3) is 43.1 Å². The molecule has 0 nitrogen and oxygen atoms in total. The van der Waals surface area contributed by atoms with Crippen LogP contribution in [0.2, 0.25) is 0 Å². The fraction of sp³-hybridized carbons (Fsp3) is 0.421. The summed E-state index contributed by atoms with van der Waals surface area (Å²) in [4.78, 5) is 0. The molecule has 5 aromatic carbocycles. The first-order chi connectivity index (χ1) is 18.8. The van der Waals surface area contributed by atoms with Gasteiger partial charge in [0.25, 0.3) is 0 Å². The molecule has 0 heterocycles. The third kappa shape index (κ3) is 6.40. The summed E-state index contributed by atoms with van der Waals surface area (Å²) in [5.41, 5.74) is 3.24. The monoisotopic (exact) mass is 502 g/mol. The summed E-state index contributed by atoms with van der Waals surface area (Å²) < 4.78 is 0. The van der Waals surface area contributed by atoms with Crippen LogP contribution in [-0.4, -0.2) is 0 Å². The van der Waals surface area contributed by atoms with E-state index < -0.39 is 0 Å². The maximum atomic E-state index is 2.51. The minimum absolute atomic E-state index is 1.22. The van der Waals surface area contributed by atoms with E-state index in [-0.39, 0.29) is 0 Å². The Labute approximate surface area is 230 Å². The van der Waals surface area contributed by atoms with Crippen molar-refractivity contribution in [1.29, 1.82) is 0 Å². The van der Waals surface area contributed by atoms with Crippen LogP contribution in [0.15, 0.2) is 72.8 Å². The van der Waals surface area contributed by atoms with Gasteiger partial charge in [-0.2, -0.15) is 0 Å². The van der Waals surface area contributed by atoms with Crippen molar-refractivity contribution in [3.05, 3.63) is 83.9 Å². The lowest BCUT2D eigenvalue weighted by molar-refractivity contribution is 0.600. The third-order valence-corrected chi connectivity index (χ3v) is 8.59. The highest BCUT2D eigenvalue weighted by molar-refractivity contribution is 6.08. The minimum atomic E-state index is 1.22. The predicted octanol–water partition coefficient (Wildman–Crippen LogP) is 12.1. The summed E-state index contributed by atoms with van der Waals surface area (Å²) >= 11 is 0. The SMILES string of the molecule is CCCCCCCCc1ccc2cc3cc4cc5ccccc5cc4cc3cc2c1CCCCCCCC. The summed E-state index contributed by atoms with van der Waals surface area (Å²) in [6.07, 6.45) is 18.8. The zero-order valence-corrected chi connectivity index (χ0v) is 23.8. The molecule has 0 bridgehead atoms. The fourth-order valence-electron chi connectivity index (χ4n) is 6.33. The first kappa shape index (κ1) is 26.7. The summed E-state index contributed by atoms with van der Waals surface area (Å²) in [7, 11) is 0. The van der Waals surface area contributed by atoms with Crippen molar-refractivity contribution in [2.75, 3.05) is 0 Å². The molecule has 0 aliphatic rings. The van der Waals surface area contributed by atoms with Gasteiger partial charge >= 0.3 is 0 Å². The summed E-state index contributed by atoms with van der Waals surface area (Å²) in [5.74, 6) is 0. The van der Waals surface area contributed by atoms with Gasteiger partial charge in [0.2, 0.25) is 0 Å². The molecule has 5 rings (SSSR count). The molecule has 0 unspecified atom stereocenters. The van der Waals surface area contributed by atoms with Crippen LogP contribution in [-0.2, 0) is 12.8 Å². The van der Waals surface area contributed by atoms with Gasteiger partial charge in [-0.25, -0.2) is 0 Å². The van der Waals surface area contributed by atoms with E-state index in [0.717, 1.165) is 0 Å².